The predicted molar refractivity (Wildman–Crippen MR) is 192 cm³/mol. The molecule has 0 unspecified atom stereocenters. The van der Waals surface area contributed by atoms with E-state index in [9.17, 15) is 24.0 Å². The number of benzene rings is 2. The summed E-state index contributed by atoms with van der Waals surface area (Å²) in [4.78, 5) is 66.4. The van der Waals surface area contributed by atoms with Gasteiger partial charge in [0.05, 0.1) is 47.3 Å². The summed E-state index contributed by atoms with van der Waals surface area (Å²) < 4.78 is 21.2. The molecule has 2 aromatic rings. The van der Waals surface area contributed by atoms with E-state index < -0.39 is 29.7 Å². The molecule has 268 valence electrons. The van der Waals surface area contributed by atoms with E-state index in [0.717, 1.165) is 0 Å². The average molecular weight is 687 g/mol. The molecule has 0 saturated carbocycles. The van der Waals surface area contributed by atoms with Gasteiger partial charge in [0.15, 0.2) is 5.78 Å². The van der Waals surface area contributed by atoms with Gasteiger partial charge in [-0.15, -0.1) is 0 Å². The first-order valence-corrected chi connectivity index (χ1v) is 16.2. The highest BCUT2D eigenvalue weighted by molar-refractivity contribution is 6.13. The van der Waals surface area contributed by atoms with Crippen molar-refractivity contribution in [2.45, 2.75) is 83.1 Å². The minimum Gasteiger partial charge on any atom is -0.431 e. The van der Waals surface area contributed by atoms with Crippen LogP contribution in [0.3, 0.4) is 0 Å². The van der Waals surface area contributed by atoms with Gasteiger partial charge < -0.3 is 18.9 Å². The number of carbonyl (C=O) groups excluding carboxylic acids is 5. The Morgan fingerprint density at radius 1 is 0.400 bits per heavy atom. The summed E-state index contributed by atoms with van der Waals surface area (Å²) in [6.07, 6.45) is 11.7. The average Bonchev–Trinajstić information content (AvgIpc) is 2.97. The molecule has 0 N–H and O–H groups in total. The first kappa shape index (κ1) is 41.1. The number of ether oxygens (including phenoxy) is 4. The Balaban J connectivity index is 2.62. The van der Waals surface area contributed by atoms with Gasteiger partial charge in [-0.3, -0.25) is 4.79 Å². The van der Waals surface area contributed by atoms with Crippen molar-refractivity contribution in [3.8, 4) is 0 Å². The lowest BCUT2D eigenvalue weighted by Gasteiger charge is -2.13. The zero-order valence-corrected chi connectivity index (χ0v) is 31.3. The van der Waals surface area contributed by atoms with Gasteiger partial charge in [0, 0.05) is 11.1 Å². The lowest BCUT2D eigenvalue weighted by atomic mass is 9.95. The zero-order valence-electron chi connectivity index (χ0n) is 31.3. The van der Waals surface area contributed by atoms with E-state index in [4.69, 9.17) is 18.9 Å². The standard InChI is InChI=1S/C41H50O9/c1-38(2,3)17-21-47-34(43)29-15-13-27(25-31(29)36(45)49-23-19-40(7,8)9)33(42)28-14-16-30(35(44)48-22-18-39(4,5)6)32(26-28)37(46)50-24-20-41(10,11)12/h13-26H,1-12H3. The van der Waals surface area contributed by atoms with Crippen molar-refractivity contribution < 1.29 is 42.9 Å². The highest BCUT2D eigenvalue weighted by Crippen LogP contribution is 2.24. The maximum atomic E-state index is 13.8. The lowest BCUT2D eigenvalue weighted by Crippen LogP contribution is -2.15. The molecule has 0 aromatic heterocycles. The number of esters is 4. The third-order valence-electron chi connectivity index (χ3n) is 6.42. The van der Waals surface area contributed by atoms with E-state index in [-0.39, 0.29) is 55.0 Å². The smallest absolute Gasteiger partial charge is 0.343 e. The normalized spacial score (nSPS) is 12.9. The van der Waals surface area contributed by atoms with Crippen molar-refractivity contribution in [1.29, 1.82) is 0 Å². The summed E-state index contributed by atoms with van der Waals surface area (Å²) >= 11 is 0. The summed E-state index contributed by atoms with van der Waals surface area (Å²) in [5.74, 6) is -4.03. The van der Waals surface area contributed by atoms with Gasteiger partial charge in [0.1, 0.15) is 0 Å². The fraction of sp³-hybridized carbons (Fsp3) is 0.390. The van der Waals surface area contributed by atoms with E-state index in [1.807, 2.05) is 83.1 Å². The van der Waals surface area contributed by atoms with Crippen LogP contribution in [0.4, 0.5) is 0 Å². The fourth-order valence-electron chi connectivity index (χ4n) is 3.69. The molecule has 0 amide bonds. The summed E-state index contributed by atoms with van der Waals surface area (Å²) in [6.45, 7) is 23.1. The third-order valence-corrected chi connectivity index (χ3v) is 6.42. The number of ketones is 1. The van der Waals surface area contributed by atoms with Crippen LogP contribution < -0.4 is 0 Å². The molecule has 0 saturated heterocycles. The molecule has 50 heavy (non-hydrogen) atoms. The molecule has 9 nitrogen and oxygen atoms in total. The van der Waals surface area contributed by atoms with Gasteiger partial charge in [-0.2, -0.15) is 0 Å². The molecule has 0 bridgehead atoms. The molecule has 0 radical (unpaired) electrons. The van der Waals surface area contributed by atoms with Gasteiger partial charge in [-0.05, 0) is 70.2 Å². The quantitative estimate of drug-likeness (QED) is 0.104. The van der Waals surface area contributed by atoms with Crippen LogP contribution in [-0.2, 0) is 18.9 Å². The van der Waals surface area contributed by atoms with E-state index in [1.54, 1.807) is 24.3 Å². The molecule has 0 spiro atoms. The zero-order chi connectivity index (χ0) is 38.1. The van der Waals surface area contributed by atoms with Crippen LogP contribution in [0, 0.1) is 21.7 Å². The van der Waals surface area contributed by atoms with Crippen molar-refractivity contribution in [2.24, 2.45) is 21.7 Å². The lowest BCUT2D eigenvalue weighted by molar-refractivity contribution is 0.0615. The molecule has 0 aliphatic rings. The van der Waals surface area contributed by atoms with Crippen LogP contribution in [0.2, 0.25) is 0 Å². The molecule has 2 aromatic carbocycles. The van der Waals surface area contributed by atoms with Crippen molar-refractivity contribution >= 4 is 29.7 Å². The third kappa shape index (κ3) is 14.2. The second-order valence-corrected chi connectivity index (χ2v) is 16.1. The maximum absolute atomic E-state index is 13.8. The van der Waals surface area contributed by atoms with E-state index >= 15 is 0 Å². The van der Waals surface area contributed by atoms with Crippen LogP contribution in [0.5, 0.6) is 0 Å². The van der Waals surface area contributed by atoms with E-state index in [2.05, 4.69) is 0 Å². The number of allylic oxidation sites excluding steroid dienone is 4. The number of carbonyl (C=O) groups is 5. The maximum Gasteiger partial charge on any atom is 0.343 e. The van der Waals surface area contributed by atoms with Crippen molar-refractivity contribution in [3.63, 3.8) is 0 Å². The van der Waals surface area contributed by atoms with E-state index in [0.29, 0.717) is 0 Å². The topological polar surface area (TPSA) is 122 Å². The molecule has 0 atom stereocenters. The molecule has 9 heteroatoms. The van der Waals surface area contributed by atoms with Gasteiger partial charge in [0.25, 0.3) is 0 Å². The number of hydrogen-bond donors (Lipinski definition) is 0. The van der Waals surface area contributed by atoms with Crippen molar-refractivity contribution in [1.82, 2.24) is 0 Å². The molecule has 0 heterocycles. The molecule has 0 fully saturated rings. The van der Waals surface area contributed by atoms with Crippen LogP contribution in [-0.4, -0.2) is 29.7 Å². The van der Waals surface area contributed by atoms with Gasteiger partial charge in [0.2, 0.25) is 0 Å². The molecular formula is C41H50O9. The second kappa shape index (κ2) is 16.6. The monoisotopic (exact) mass is 686 g/mol. The van der Waals surface area contributed by atoms with E-state index in [1.165, 1.54) is 61.4 Å². The Morgan fingerprint density at radius 2 is 0.640 bits per heavy atom. The minimum atomic E-state index is -0.886. The summed E-state index contributed by atoms with van der Waals surface area (Å²) in [6, 6.07) is 7.76. The Hall–Kier alpha value is -5.05. The molecular weight excluding hydrogens is 636 g/mol. The van der Waals surface area contributed by atoms with Crippen LogP contribution in [0.15, 0.2) is 85.8 Å². The van der Waals surface area contributed by atoms with Crippen LogP contribution >= 0.6 is 0 Å². The Morgan fingerprint density at radius 3 is 0.880 bits per heavy atom. The van der Waals surface area contributed by atoms with Crippen molar-refractivity contribution in [3.05, 3.63) is 119 Å². The Labute approximate surface area is 296 Å². The largest absolute Gasteiger partial charge is 0.431 e. The predicted octanol–water partition coefficient (Wildman–Crippen LogP) is 9.78. The number of hydrogen-bond acceptors (Lipinski definition) is 9. The molecule has 0 aliphatic heterocycles. The Kier molecular flexibility index (Phi) is 13.6. The first-order valence-electron chi connectivity index (χ1n) is 16.2. The van der Waals surface area contributed by atoms with Crippen molar-refractivity contribution in [2.75, 3.05) is 0 Å². The summed E-state index contributed by atoms with van der Waals surface area (Å²) in [7, 11) is 0. The summed E-state index contributed by atoms with van der Waals surface area (Å²) in [5.41, 5.74) is -1.75. The fourth-order valence-corrected chi connectivity index (χ4v) is 3.69. The summed E-state index contributed by atoms with van der Waals surface area (Å²) in [5, 5.41) is 0. The molecule has 2 rings (SSSR count). The minimum absolute atomic E-state index is 0.00826. The highest BCUT2D eigenvalue weighted by Gasteiger charge is 2.25. The second-order valence-electron chi connectivity index (χ2n) is 16.1. The first-order chi connectivity index (χ1) is 22.9. The highest BCUT2D eigenvalue weighted by atomic mass is 16.5. The van der Waals surface area contributed by atoms with Crippen LogP contribution in [0.25, 0.3) is 0 Å². The Bertz CT molecular complexity index is 1580. The van der Waals surface area contributed by atoms with Gasteiger partial charge >= 0.3 is 23.9 Å². The SMILES string of the molecule is CC(C)(C)C=COC(=O)c1ccc(C(=O)c2ccc(C(=O)OC=CC(C)(C)C)c(C(=O)OC=CC(C)(C)C)c2)cc1C(=O)OC=CC(C)(C)C. The van der Waals surface area contributed by atoms with Gasteiger partial charge in [-0.25, -0.2) is 19.2 Å². The number of rotatable bonds is 10. The van der Waals surface area contributed by atoms with Crippen LogP contribution in [0.1, 0.15) is 140 Å². The molecule has 0 aliphatic carbocycles. The van der Waals surface area contributed by atoms with Gasteiger partial charge in [-0.1, -0.05) is 95.2 Å².